The second kappa shape index (κ2) is 11.0. The number of hydrogen-bond donors (Lipinski definition) is 2. The van der Waals surface area contributed by atoms with E-state index in [0.717, 1.165) is 17.2 Å². The Kier molecular flexibility index (Phi) is 9.33. The summed E-state index contributed by atoms with van der Waals surface area (Å²) in [6.45, 7) is 15.8. The van der Waals surface area contributed by atoms with Gasteiger partial charge in [-0.05, 0) is 33.8 Å². The van der Waals surface area contributed by atoms with E-state index in [0.29, 0.717) is 17.9 Å². The molecule has 0 aromatic carbocycles. The molecule has 168 valence electrons. The lowest BCUT2D eigenvalue weighted by Crippen LogP contribution is -2.13. The number of carbonyl (C=O) groups excluding carboxylic acids is 2. The Bertz CT molecular complexity index is 774. The van der Waals surface area contributed by atoms with Crippen molar-refractivity contribution in [3.8, 4) is 0 Å². The molecule has 0 aliphatic rings. The van der Waals surface area contributed by atoms with Gasteiger partial charge >= 0.3 is 0 Å². The van der Waals surface area contributed by atoms with Crippen molar-refractivity contribution in [2.75, 3.05) is 10.6 Å². The van der Waals surface area contributed by atoms with Gasteiger partial charge in [0.2, 0.25) is 5.78 Å². The topological polar surface area (TPSA) is 81.0 Å². The molecule has 7 nitrogen and oxygen atoms in total. The first kappa shape index (κ1) is 25.5. The van der Waals surface area contributed by atoms with Crippen LogP contribution in [0.25, 0.3) is 0 Å². The largest absolute Gasteiger partial charge is 0.382 e. The molecular formula is C23H39N5O2. The zero-order valence-corrected chi connectivity index (χ0v) is 20.2. The summed E-state index contributed by atoms with van der Waals surface area (Å²) in [5, 5.41) is 6.46. The quantitative estimate of drug-likeness (QED) is 0.605. The third kappa shape index (κ3) is 7.35. The number of nitrogens with zero attached hydrogens (tertiary/aromatic N) is 3. The Morgan fingerprint density at radius 3 is 1.80 bits per heavy atom. The summed E-state index contributed by atoms with van der Waals surface area (Å²) in [6, 6.07) is 2.62. The average molecular weight is 418 g/mol. The summed E-state index contributed by atoms with van der Waals surface area (Å²) in [7, 11) is 3.75. The van der Waals surface area contributed by atoms with Gasteiger partial charge in [-0.15, -0.1) is 0 Å². The smallest absolute Gasteiger partial charge is 0.200 e. The van der Waals surface area contributed by atoms with Crippen molar-refractivity contribution in [1.29, 1.82) is 0 Å². The Morgan fingerprint density at radius 2 is 1.33 bits per heavy atom. The van der Waals surface area contributed by atoms with Crippen molar-refractivity contribution >= 4 is 23.1 Å². The fraction of sp³-hybridized carbons (Fsp3) is 0.609. The summed E-state index contributed by atoms with van der Waals surface area (Å²) in [5.41, 5.74) is 1.78. The molecule has 0 saturated carbocycles. The zero-order chi connectivity index (χ0) is 23.2. The maximum Gasteiger partial charge on any atom is 0.200 e. The Morgan fingerprint density at radius 1 is 0.800 bits per heavy atom. The van der Waals surface area contributed by atoms with E-state index in [-0.39, 0.29) is 23.4 Å². The molecule has 0 radical (unpaired) electrons. The lowest BCUT2D eigenvalue weighted by atomic mass is 10.1. The number of nitrogens with one attached hydrogen (secondary N) is 2. The van der Waals surface area contributed by atoms with E-state index in [1.54, 1.807) is 4.57 Å². The normalized spacial score (nSPS) is 11.1. The van der Waals surface area contributed by atoms with Crippen LogP contribution in [-0.4, -0.2) is 37.8 Å². The van der Waals surface area contributed by atoms with Crippen LogP contribution < -0.4 is 10.6 Å². The molecule has 0 saturated heterocycles. The van der Waals surface area contributed by atoms with E-state index in [9.17, 15) is 9.59 Å². The van der Waals surface area contributed by atoms with Crippen molar-refractivity contribution in [1.82, 2.24) is 14.1 Å². The van der Waals surface area contributed by atoms with Crippen LogP contribution in [0.4, 0.5) is 11.5 Å². The first-order valence-corrected chi connectivity index (χ1v) is 10.6. The van der Waals surface area contributed by atoms with E-state index in [1.807, 2.05) is 78.7 Å². The van der Waals surface area contributed by atoms with Crippen LogP contribution >= 0.6 is 0 Å². The molecule has 2 aromatic rings. The highest BCUT2D eigenvalue weighted by Gasteiger charge is 2.17. The molecule has 7 heteroatoms. The van der Waals surface area contributed by atoms with Crippen LogP contribution in [0.15, 0.2) is 18.5 Å². The van der Waals surface area contributed by atoms with Gasteiger partial charge in [-0.25, -0.2) is 4.98 Å². The minimum absolute atomic E-state index is 0.0157. The minimum Gasteiger partial charge on any atom is -0.382 e. The van der Waals surface area contributed by atoms with Gasteiger partial charge in [0.1, 0.15) is 5.82 Å². The molecule has 0 spiro atoms. The Labute approximate surface area is 181 Å². The fourth-order valence-corrected chi connectivity index (χ4v) is 2.84. The van der Waals surface area contributed by atoms with Gasteiger partial charge in [-0.3, -0.25) is 9.59 Å². The molecule has 0 atom stereocenters. The second-order valence-electron chi connectivity index (χ2n) is 8.92. The highest BCUT2D eigenvalue weighted by Crippen LogP contribution is 2.17. The monoisotopic (exact) mass is 417 g/mol. The van der Waals surface area contributed by atoms with Crippen LogP contribution in [0.1, 0.15) is 76.5 Å². The van der Waals surface area contributed by atoms with Crippen molar-refractivity contribution < 1.29 is 9.59 Å². The Hall–Kier alpha value is -2.57. The molecule has 2 heterocycles. The summed E-state index contributed by atoms with van der Waals surface area (Å²) in [6.07, 6.45) is 3.80. The number of Topliss-reactive ketones (excluding diaryl/α,β-unsaturated/α-hetero) is 2. The number of carbonyl (C=O) groups is 2. The molecular weight excluding hydrogens is 378 g/mol. The summed E-state index contributed by atoms with van der Waals surface area (Å²) >= 11 is 0. The predicted octanol–water partition coefficient (Wildman–Crippen LogP) is 4.76. The standard InChI is InChI=1S/C12H20N2O.C11H19N3O/c1-8(2)12(15)11-6-10(7-14(11)5)13-9(3)4;1-7(2)10(15)11-13-9(6-14(11)5)12-8(3)4/h6-9,13H,1-5H3;6-8,12H,1-5H3. The molecule has 0 bridgehead atoms. The van der Waals surface area contributed by atoms with Gasteiger partial charge in [0.05, 0.1) is 11.4 Å². The van der Waals surface area contributed by atoms with Gasteiger partial charge in [-0.1, -0.05) is 27.7 Å². The van der Waals surface area contributed by atoms with E-state index in [1.165, 1.54) is 0 Å². The average Bonchev–Trinajstić information content (AvgIpc) is 3.14. The van der Waals surface area contributed by atoms with Crippen molar-refractivity contribution in [2.45, 2.75) is 67.5 Å². The number of hydrogen-bond acceptors (Lipinski definition) is 5. The number of aryl methyl sites for hydroxylation is 2. The summed E-state index contributed by atoms with van der Waals surface area (Å²) < 4.78 is 3.65. The molecule has 2 aromatic heterocycles. The van der Waals surface area contributed by atoms with Crippen LogP contribution in [0.5, 0.6) is 0 Å². The lowest BCUT2D eigenvalue weighted by Gasteiger charge is -2.05. The van der Waals surface area contributed by atoms with Crippen LogP contribution in [0.2, 0.25) is 0 Å². The zero-order valence-electron chi connectivity index (χ0n) is 20.2. The molecule has 2 rings (SSSR count). The van der Waals surface area contributed by atoms with Crippen LogP contribution in [-0.2, 0) is 14.1 Å². The van der Waals surface area contributed by atoms with Gasteiger partial charge in [0, 0.05) is 50.4 Å². The fourth-order valence-electron chi connectivity index (χ4n) is 2.84. The maximum absolute atomic E-state index is 11.8. The van der Waals surface area contributed by atoms with Crippen molar-refractivity contribution in [3.63, 3.8) is 0 Å². The third-order valence-corrected chi connectivity index (χ3v) is 4.29. The predicted molar refractivity (Wildman–Crippen MR) is 124 cm³/mol. The van der Waals surface area contributed by atoms with Crippen molar-refractivity contribution in [2.24, 2.45) is 25.9 Å². The molecule has 0 aliphatic carbocycles. The van der Waals surface area contributed by atoms with Crippen LogP contribution in [0.3, 0.4) is 0 Å². The minimum atomic E-state index is -0.0157. The summed E-state index contributed by atoms with van der Waals surface area (Å²) in [5.74, 6) is 1.58. The highest BCUT2D eigenvalue weighted by molar-refractivity contribution is 5.97. The maximum atomic E-state index is 11.8. The molecule has 2 N–H and O–H groups in total. The summed E-state index contributed by atoms with van der Waals surface area (Å²) in [4.78, 5) is 27.8. The lowest BCUT2D eigenvalue weighted by molar-refractivity contribution is 0.0921. The van der Waals surface area contributed by atoms with Gasteiger partial charge < -0.3 is 19.8 Å². The number of imidazole rings is 1. The van der Waals surface area contributed by atoms with Gasteiger partial charge in [0.25, 0.3) is 0 Å². The third-order valence-electron chi connectivity index (χ3n) is 4.29. The van der Waals surface area contributed by atoms with Crippen LogP contribution in [0, 0.1) is 11.8 Å². The second-order valence-corrected chi connectivity index (χ2v) is 8.92. The molecule has 0 aliphatic heterocycles. The molecule has 30 heavy (non-hydrogen) atoms. The van der Waals surface area contributed by atoms with E-state index < -0.39 is 0 Å². The van der Waals surface area contributed by atoms with Gasteiger partial charge in [0.15, 0.2) is 11.6 Å². The van der Waals surface area contributed by atoms with E-state index in [4.69, 9.17) is 0 Å². The highest BCUT2D eigenvalue weighted by atomic mass is 16.1. The Balaban J connectivity index is 0.000000300. The van der Waals surface area contributed by atoms with E-state index in [2.05, 4.69) is 29.5 Å². The molecule has 0 amide bonds. The number of aromatic nitrogens is 3. The van der Waals surface area contributed by atoms with E-state index >= 15 is 0 Å². The SMILES string of the molecule is CC(C)Nc1cc(C(=O)C(C)C)n(C)c1.CC(C)Nc1cn(C)c(C(=O)C(C)C)n1. The first-order chi connectivity index (χ1) is 13.8. The number of ketones is 2. The van der Waals surface area contributed by atoms with Gasteiger partial charge in [-0.2, -0.15) is 0 Å². The number of rotatable bonds is 8. The molecule has 0 unspecified atom stereocenters. The molecule has 0 fully saturated rings. The van der Waals surface area contributed by atoms with Crippen molar-refractivity contribution in [3.05, 3.63) is 30.0 Å². The first-order valence-electron chi connectivity index (χ1n) is 10.6. The number of anilines is 2.